The van der Waals surface area contributed by atoms with Crippen molar-refractivity contribution in [2.75, 3.05) is 0 Å². The molecule has 0 saturated heterocycles. The molecule has 0 saturated carbocycles. The van der Waals surface area contributed by atoms with Crippen molar-refractivity contribution < 1.29 is 18.7 Å². The average Bonchev–Trinajstić information content (AvgIpc) is 2.09. The molecule has 0 aromatic carbocycles. The van der Waals surface area contributed by atoms with Crippen LogP contribution in [0.25, 0.3) is 0 Å². The van der Waals surface area contributed by atoms with Crippen molar-refractivity contribution in [2.45, 2.75) is 19.8 Å². The van der Waals surface area contributed by atoms with Crippen LogP contribution >= 0.6 is 15.9 Å². The number of alkyl halides is 2. The van der Waals surface area contributed by atoms with Crippen LogP contribution in [0.5, 0.6) is 0 Å². The first-order valence-corrected chi connectivity index (χ1v) is 4.87. The fraction of sp³-hybridized carbons (Fsp3) is 0.333. The molecular weight excluding hydrogens is 272 g/mol. The highest BCUT2D eigenvalue weighted by Crippen LogP contribution is 2.26. The van der Waals surface area contributed by atoms with Crippen molar-refractivity contribution in [3.05, 3.63) is 27.5 Å². The molecule has 0 aliphatic rings. The van der Waals surface area contributed by atoms with Crippen LogP contribution in [-0.2, 0) is 11.2 Å². The molecule has 3 nitrogen and oxygen atoms in total. The molecule has 0 amide bonds. The van der Waals surface area contributed by atoms with Crippen LogP contribution in [0.2, 0.25) is 0 Å². The van der Waals surface area contributed by atoms with Crippen LogP contribution in [0.4, 0.5) is 8.78 Å². The third kappa shape index (κ3) is 2.95. The average molecular weight is 280 g/mol. The number of carbonyl (C=O) groups is 1. The van der Waals surface area contributed by atoms with Gasteiger partial charge in [0.2, 0.25) is 0 Å². The number of carboxylic acids is 1. The molecule has 15 heavy (non-hydrogen) atoms. The second kappa shape index (κ2) is 4.65. The number of carboxylic acid groups (broad SMARTS) is 1. The monoisotopic (exact) mass is 279 g/mol. The number of hydrogen-bond donors (Lipinski definition) is 1. The molecule has 0 radical (unpaired) electrons. The summed E-state index contributed by atoms with van der Waals surface area (Å²) in [5.74, 6) is -1.05. The summed E-state index contributed by atoms with van der Waals surface area (Å²) in [6, 6.07) is 1.21. The third-order valence-corrected chi connectivity index (χ3v) is 2.52. The molecule has 0 atom stereocenters. The molecule has 0 aliphatic heterocycles. The zero-order valence-corrected chi connectivity index (χ0v) is 9.38. The number of nitrogens with zero attached hydrogens (tertiary/aromatic N) is 1. The van der Waals surface area contributed by atoms with Crippen molar-refractivity contribution in [1.82, 2.24) is 4.98 Å². The molecule has 82 valence electrons. The quantitative estimate of drug-likeness (QED) is 0.926. The molecule has 0 spiro atoms. The maximum atomic E-state index is 12.4. The second-order valence-corrected chi connectivity index (χ2v) is 3.82. The lowest BCUT2D eigenvalue weighted by Crippen LogP contribution is -2.06. The van der Waals surface area contributed by atoms with E-state index < -0.39 is 12.4 Å². The Morgan fingerprint density at radius 1 is 1.67 bits per heavy atom. The van der Waals surface area contributed by atoms with Crippen molar-refractivity contribution in [3.8, 4) is 0 Å². The zero-order chi connectivity index (χ0) is 11.6. The van der Waals surface area contributed by atoms with Gasteiger partial charge in [0.05, 0.1) is 12.1 Å². The molecule has 0 aliphatic carbocycles. The highest BCUT2D eigenvalue weighted by molar-refractivity contribution is 9.10. The Labute approximate surface area is 93.3 Å². The largest absolute Gasteiger partial charge is 0.481 e. The van der Waals surface area contributed by atoms with E-state index in [1.165, 1.54) is 13.0 Å². The molecule has 1 rings (SSSR count). The number of pyridine rings is 1. The van der Waals surface area contributed by atoms with E-state index in [0.29, 0.717) is 4.47 Å². The van der Waals surface area contributed by atoms with E-state index in [-0.39, 0.29) is 23.4 Å². The first kappa shape index (κ1) is 12.0. The summed E-state index contributed by atoms with van der Waals surface area (Å²) >= 11 is 3.02. The first-order valence-electron chi connectivity index (χ1n) is 4.07. The highest BCUT2D eigenvalue weighted by Gasteiger charge is 2.16. The summed E-state index contributed by atoms with van der Waals surface area (Å²) in [4.78, 5) is 14.3. The highest BCUT2D eigenvalue weighted by atomic mass is 79.9. The number of rotatable bonds is 3. The number of aryl methyl sites for hydroxylation is 1. The van der Waals surface area contributed by atoms with Gasteiger partial charge >= 0.3 is 5.97 Å². The van der Waals surface area contributed by atoms with Gasteiger partial charge in [-0.1, -0.05) is 0 Å². The summed E-state index contributed by atoms with van der Waals surface area (Å²) in [6.07, 6.45) is -2.89. The first-order chi connectivity index (χ1) is 6.91. The predicted octanol–water partition coefficient (Wildman–Crippen LogP) is 2.72. The number of halogens is 3. The van der Waals surface area contributed by atoms with Crippen LogP contribution in [0, 0.1) is 6.92 Å². The van der Waals surface area contributed by atoms with Crippen LogP contribution in [-0.4, -0.2) is 16.1 Å². The van der Waals surface area contributed by atoms with Crippen LogP contribution in [0.15, 0.2) is 10.5 Å². The second-order valence-electron chi connectivity index (χ2n) is 2.96. The van der Waals surface area contributed by atoms with Gasteiger partial charge in [0.15, 0.2) is 0 Å². The van der Waals surface area contributed by atoms with Gasteiger partial charge in [-0.25, -0.2) is 8.78 Å². The lowest BCUT2D eigenvalue weighted by atomic mass is 10.1. The Bertz CT molecular complexity index is 396. The minimum Gasteiger partial charge on any atom is -0.481 e. The van der Waals surface area contributed by atoms with E-state index in [4.69, 9.17) is 5.11 Å². The summed E-state index contributed by atoms with van der Waals surface area (Å²) < 4.78 is 25.1. The molecule has 0 unspecified atom stereocenters. The molecule has 0 bridgehead atoms. The molecule has 1 heterocycles. The maximum absolute atomic E-state index is 12.4. The Hall–Kier alpha value is -1.04. The van der Waals surface area contributed by atoms with Gasteiger partial charge in [-0.3, -0.25) is 9.78 Å². The van der Waals surface area contributed by atoms with E-state index in [9.17, 15) is 13.6 Å². The number of aromatic nitrogens is 1. The molecule has 0 fully saturated rings. The number of aliphatic carboxylic acids is 1. The molecule has 1 aromatic rings. The molecule has 1 N–H and O–H groups in total. The molecule has 1 aromatic heterocycles. The van der Waals surface area contributed by atoms with E-state index >= 15 is 0 Å². The Morgan fingerprint density at radius 2 is 2.27 bits per heavy atom. The van der Waals surface area contributed by atoms with Gasteiger partial charge in [0, 0.05) is 15.7 Å². The van der Waals surface area contributed by atoms with Gasteiger partial charge in [-0.15, -0.1) is 0 Å². The van der Waals surface area contributed by atoms with Crippen molar-refractivity contribution in [3.63, 3.8) is 0 Å². The van der Waals surface area contributed by atoms with Gasteiger partial charge in [-0.2, -0.15) is 0 Å². The summed E-state index contributed by atoms with van der Waals surface area (Å²) in [5, 5.41) is 8.55. The lowest BCUT2D eigenvalue weighted by molar-refractivity contribution is -0.136. The lowest BCUT2D eigenvalue weighted by Gasteiger charge is -2.08. The predicted molar refractivity (Wildman–Crippen MR) is 53.0 cm³/mol. The van der Waals surface area contributed by atoms with E-state index in [1.54, 1.807) is 0 Å². The van der Waals surface area contributed by atoms with Gasteiger partial charge in [-0.05, 0) is 28.9 Å². The fourth-order valence-corrected chi connectivity index (χ4v) is 1.61. The van der Waals surface area contributed by atoms with E-state index in [2.05, 4.69) is 20.9 Å². The fourth-order valence-electron chi connectivity index (χ4n) is 1.13. The van der Waals surface area contributed by atoms with Gasteiger partial charge < -0.3 is 5.11 Å². The van der Waals surface area contributed by atoms with E-state index in [1.807, 2.05) is 0 Å². The van der Waals surface area contributed by atoms with Crippen LogP contribution in [0.3, 0.4) is 0 Å². The minimum absolute atomic E-state index is 0.157. The van der Waals surface area contributed by atoms with Gasteiger partial charge in [0.25, 0.3) is 6.43 Å². The summed E-state index contributed by atoms with van der Waals surface area (Å²) in [7, 11) is 0. The zero-order valence-electron chi connectivity index (χ0n) is 7.80. The topological polar surface area (TPSA) is 50.2 Å². The molecule has 6 heteroatoms. The van der Waals surface area contributed by atoms with Crippen molar-refractivity contribution in [2.24, 2.45) is 0 Å². The third-order valence-electron chi connectivity index (χ3n) is 1.83. The van der Waals surface area contributed by atoms with Gasteiger partial charge in [0.1, 0.15) is 0 Å². The smallest absolute Gasteiger partial charge is 0.309 e. The Morgan fingerprint density at radius 3 is 2.73 bits per heavy atom. The van der Waals surface area contributed by atoms with Crippen LogP contribution in [0.1, 0.15) is 23.4 Å². The normalized spacial score (nSPS) is 10.7. The SMILES string of the molecule is Cc1nc(CC(=O)O)c(Br)cc1C(F)F. The van der Waals surface area contributed by atoms with Crippen LogP contribution < -0.4 is 0 Å². The van der Waals surface area contributed by atoms with E-state index in [0.717, 1.165) is 0 Å². The Balaban J connectivity index is 3.13. The molecular formula is C9H8BrF2NO2. The van der Waals surface area contributed by atoms with Crippen molar-refractivity contribution in [1.29, 1.82) is 0 Å². The number of hydrogen-bond acceptors (Lipinski definition) is 2. The maximum Gasteiger partial charge on any atom is 0.309 e. The standard InChI is InChI=1S/C9H8BrF2NO2/c1-4-5(9(11)12)2-6(10)7(13-4)3-8(14)15/h2,9H,3H2,1H3,(H,14,15). The summed E-state index contributed by atoms with van der Waals surface area (Å²) in [6.45, 7) is 1.43. The summed E-state index contributed by atoms with van der Waals surface area (Å²) in [5.41, 5.74) is 0.227. The Kier molecular flexibility index (Phi) is 3.73. The minimum atomic E-state index is -2.60. The van der Waals surface area contributed by atoms with Crippen molar-refractivity contribution >= 4 is 21.9 Å².